The monoisotopic (exact) mass is 222 g/mol. The molecule has 0 radical (unpaired) electrons. The lowest BCUT2D eigenvalue weighted by molar-refractivity contribution is 0.220. The summed E-state index contributed by atoms with van der Waals surface area (Å²) in [5.74, 6) is -0.270. The van der Waals surface area contributed by atoms with Crippen LogP contribution in [0.2, 0.25) is 0 Å². The van der Waals surface area contributed by atoms with E-state index >= 15 is 0 Å². The SMILES string of the molecule is Cc1cc(F)ccc1[C@H](O)c1ccsc1. The number of rotatable bonds is 2. The Bertz CT molecular complexity index is 451. The fourth-order valence-electron chi connectivity index (χ4n) is 1.56. The number of halogens is 1. The van der Waals surface area contributed by atoms with E-state index in [4.69, 9.17) is 0 Å². The third kappa shape index (κ3) is 2.08. The van der Waals surface area contributed by atoms with Gasteiger partial charge in [-0.05, 0) is 52.6 Å². The Morgan fingerprint density at radius 1 is 1.33 bits per heavy atom. The number of benzene rings is 1. The predicted octanol–water partition coefficient (Wildman–Crippen LogP) is 3.28. The molecular formula is C12H11FOS. The molecule has 1 atom stereocenters. The van der Waals surface area contributed by atoms with Crippen molar-refractivity contribution in [2.75, 3.05) is 0 Å². The van der Waals surface area contributed by atoms with Crippen molar-refractivity contribution < 1.29 is 9.50 Å². The summed E-state index contributed by atoms with van der Waals surface area (Å²) < 4.78 is 12.9. The second-order valence-corrected chi connectivity index (χ2v) is 4.24. The predicted molar refractivity (Wildman–Crippen MR) is 59.5 cm³/mol. The molecule has 0 spiro atoms. The van der Waals surface area contributed by atoms with Gasteiger partial charge in [0.2, 0.25) is 0 Å². The topological polar surface area (TPSA) is 20.2 Å². The van der Waals surface area contributed by atoms with Gasteiger partial charge in [-0.25, -0.2) is 4.39 Å². The Kier molecular flexibility index (Phi) is 2.84. The Morgan fingerprint density at radius 3 is 2.73 bits per heavy atom. The number of hydrogen-bond donors (Lipinski definition) is 1. The van der Waals surface area contributed by atoms with Gasteiger partial charge in [-0.2, -0.15) is 11.3 Å². The zero-order valence-electron chi connectivity index (χ0n) is 8.27. The highest BCUT2D eigenvalue weighted by molar-refractivity contribution is 7.07. The van der Waals surface area contributed by atoms with E-state index in [-0.39, 0.29) is 5.82 Å². The van der Waals surface area contributed by atoms with Crippen LogP contribution >= 0.6 is 11.3 Å². The standard InChI is InChI=1S/C12H11FOS/c1-8-6-10(13)2-3-11(8)12(14)9-4-5-15-7-9/h2-7,12,14H,1H3/t12-/m1/s1. The summed E-state index contributed by atoms with van der Waals surface area (Å²) in [4.78, 5) is 0. The Morgan fingerprint density at radius 2 is 2.13 bits per heavy atom. The first kappa shape index (κ1) is 10.3. The highest BCUT2D eigenvalue weighted by Gasteiger charge is 2.13. The third-order valence-corrected chi connectivity index (χ3v) is 3.09. The summed E-state index contributed by atoms with van der Waals surface area (Å²) in [5.41, 5.74) is 2.39. The van der Waals surface area contributed by atoms with Gasteiger partial charge in [-0.3, -0.25) is 0 Å². The van der Waals surface area contributed by atoms with Crippen LogP contribution in [0.4, 0.5) is 4.39 Å². The molecule has 0 saturated heterocycles. The summed E-state index contributed by atoms with van der Waals surface area (Å²) in [7, 11) is 0. The van der Waals surface area contributed by atoms with Crippen molar-refractivity contribution in [1.29, 1.82) is 0 Å². The molecule has 0 unspecified atom stereocenters. The first-order chi connectivity index (χ1) is 7.18. The zero-order chi connectivity index (χ0) is 10.8. The molecule has 15 heavy (non-hydrogen) atoms. The van der Waals surface area contributed by atoms with Crippen molar-refractivity contribution in [3.63, 3.8) is 0 Å². The van der Waals surface area contributed by atoms with Crippen molar-refractivity contribution in [2.24, 2.45) is 0 Å². The van der Waals surface area contributed by atoms with Crippen LogP contribution in [-0.4, -0.2) is 5.11 Å². The molecule has 0 aliphatic carbocycles. The van der Waals surface area contributed by atoms with Gasteiger partial charge in [0.05, 0.1) is 0 Å². The number of thiophene rings is 1. The molecule has 0 fully saturated rings. The van der Waals surface area contributed by atoms with Crippen LogP contribution in [0.5, 0.6) is 0 Å². The van der Waals surface area contributed by atoms with E-state index in [2.05, 4.69) is 0 Å². The Labute approximate surface area is 91.8 Å². The second-order valence-electron chi connectivity index (χ2n) is 3.46. The molecular weight excluding hydrogens is 211 g/mol. The molecule has 1 aromatic carbocycles. The van der Waals surface area contributed by atoms with Gasteiger partial charge in [0, 0.05) is 0 Å². The summed E-state index contributed by atoms with van der Waals surface area (Å²) in [6.45, 7) is 1.80. The lowest BCUT2D eigenvalue weighted by Crippen LogP contribution is -2.00. The molecule has 1 heterocycles. The van der Waals surface area contributed by atoms with Crippen LogP contribution in [0.25, 0.3) is 0 Å². The van der Waals surface area contributed by atoms with Crippen molar-refractivity contribution in [2.45, 2.75) is 13.0 Å². The van der Waals surface area contributed by atoms with E-state index in [0.717, 1.165) is 16.7 Å². The molecule has 2 rings (SSSR count). The summed E-state index contributed by atoms with van der Waals surface area (Å²) in [6.07, 6.45) is -0.656. The molecule has 0 saturated carbocycles. The van der Waals surface area contributed by atoms with Crippen molar-refractivity contribution >= 4 is 11.3 Å². The number of aryl methyl sites for hydroxylation is 1. The van der Waals surface area contributed by atoms with E-state index in [1.165, 1.54) is 23.5 Å². The number of hydrogen-bond acceptors (Lipinski definition) is 2. The average molecular weight is 222 g/mol. The molecule has 1 N–H and O–H groups in total. The lowest BCUT2D eigenvalue weighted by Gasteiger charge is -2.12. The average Bonchev–Trinajstić information content (AvgIpc) is 2.69. The van der Waals surface area contributed by atoms with Gasteiger partial charge >= 0.3 is 0 Å². The third-order valence-electron chi connectivity index (χ3n) is 2.39. The normalized spacial score (nSPS) is 12.7. The van der Waals surface area contributed by atoms with Gasteiger partial charge in [-0.15, -0.1) is 0 Å². The van der Waals surface area contributed by atoms with Crippen LogP contribution in [0.15, 0.2) is 35.0 Å². The molecule has 3 heteroatoms. The van der Waals surface area contributed by atoms with Crippen molar-refractivity contribution in [1.82, 2.24) is 0 Å². The maximum absolute atomic E-state index is 12.9. The maximum Gasteiger partial charge on any atom is 0.123 e. The molecule has 2 aromatic rings. The molecule has 0 amide bonds. The van der Waals surface area contributed by atoms with Crippen molar-refractivity contribution in [3.05, 3.63) is 57.5 Å². The van der Waals surface area contributed by atoms with Crippen LogP contribution in [0, 0.1) is 12.7 Å². The van der Waals surface area contributed by atoms with E-state index in [1.807, 2.05) is 16.8 Å². The highest BCUT2D eigenvalue weighted by atomic mass is 32.1. The van der Waals surface area contributed by atoms with Crippen LogP contribution < -0.4 is 0 Å². The van der Waals surface area contributed by atoms with Gasteiger partial charge < -0.3 is 5.11 Å². The van der Waals surface area contributed by atoms with Gasteiger partial charge in [-0.1, -0.05) is 6.07 Å². The minimum atomic E-state index is -0.656. The molecule has 0 aliphatic heterocycles. The maximum atomic E-state index is 12.9. The lowest BCUT2D eigenvalue weighted by atomic mass is 9.99. The van der Waals surface area contributed by atoms with E-state index in [1.54, 1.807) is 13.0 Å². The molecule has 0 aliphatic rings. The first-order valence-corrected chi connectivity index (χ1v) is 5.59. The van der Waals surface area contributed by atoms with Gasteiger partial charge in [0.25, 0.3) is 0 Å². The number of aliphatic hydroxyl groups is 1. The minimum absolute atomic E-state index is 0.270. The van der Waals surface area contributed by atoms with Gasteiger partial charge in [0.1, 0.15) is 11.9 Å². The molecule has 78 valence electrons. The smallest absolute Gasteiger partial charge is 0.123 e. The Balaban J connectivity index is 2.38. The minimum Gasteiger partial charge on any atom is -0.384 e. The van der Waals surface area contributed by atoms with E-state index < -0.39 is 6.10 Å². The van der Waals surface area contributed by atoms with Crippen LogP contribution in [0.1, 0.15) is 22.8 Å². The summed E-state index contributed by atoms with van der Waals surface area (Å²) >= 11 is 1.54. The van der Waals surface area contributed by atoms with E-state index in [9.17, 15) is 9.50 Å². The zero-order valence-corrected chi connectivity index (χ0v) is 9.09. The summed E-state index contributed by atoms with van der Waals surface area (Å²) in [6, 6.07) is 6.31. The summed E-state index contributed by atoms with van der Waals surface area (Å²) in [5, 5.41) is 13.8. The quantitative estimate of drug-likeness (QED) is 0.826. The van der Waals surface area contributed by atoms with Gasteiger partial charge in [0.15, 0.2) is 0 Å². The number of aliphatic hydroxyl groups excluding tert-OH is 1. The molecule has 1 nitrogen and oxygen atoms in total. The molecule has 1 aromatic heterocycles. The van der Waals surface area contributed by atoms with Crippen LogP contribution in [-0.2, 0) is 0 Å². The fourth-order valence-corrected chi connectivity index (χ4v) is 2.23. The fraction of sp³-hybridized carbons (Fsp3) is 0.167. The largest absolute Gasteiger partial charge is 0.384 e. The van der Waals surface area contributed by atoms with Crippen LogP contribution in [0.3, 0.4) is 0 Å². The van der Waals surface area contributed by atoms with Crippen molar-refractivity contribution in [3.8, 4) is 0 Å². The highest BCUT2D eigenvalue weighted by Crippen LogP contribution is 2.26. The first-order valence-electron chi connectivity index (χ1n) is 4.64. The molecule has 0 bridgehead atoms. The van der Waals surface area contributed by atoms with E-state index in [0.29, 0.717) is 0 Å². The second kappa shape index (κ2) is 4.13. The Hall–Kier alpha value is -1.19.